The zero-order valence-corrected chi connectivity index (χ0v) is 14.5. The third-order valence-electron chi connectivity index (χ3n) is 4.24. The highest BCUT2D eigenvalue weighted by Gasteiger charge is 2.29. The molecule has 2 unspecified atom stereocenters. The van der Waals surface area contributed by atoms with Gasteiger partial charge in [-0.25, -0.2) is 18.1 Å². The molecule has 1 amide bonds. The van der Waals surface area contributed by atoms with Crippen LogP contribution >= 0.6 is 0 Å². The van der Waals surface area contributed by atoms with Crippen molar-refractivity contribution in [3.05, 3.63) is 36.5 Å². The van der Waals surface area contributed by atoms with Gasteiger partial charge in [0.05, 0.1) is 10.8 Å². The number of rotatable bonds is 0. The van der Waals surface area contributed by atoms with Gasteiger partial charge in [0.1, 0.15) is 6.10 Å². The van der Waals surface area contributed by atoms with E-state index < -0.39 is 10.0 Å². The van der Waals surface area contributed by atoms with Crippen LogP contribution in [0.5, 0.6) is 5.88 Å². The van der Waals surface area contributed by atoms with Crippen molar-refractivity contribution in [2.24, 2.45) is 5.92 Å². The Balaban J connectivity index is 1.77. The summed E-state index contributed by atoms with van der Waals surface area (Å²) in [4.78, 5) is 20.6. The van der Waals surface area contributed by atoms with Crippen LogP contribution in [-0.2, 0) is 14.8 Å². The highest BCUT2D eigenvalue weighted by atomic mass is 32.2. The molecule has 2 aliphatic rings. The van der Waals surface area contributed by atoms with Gasteiger partial charge < -0.3 is 15.4 Å². The molecule has 2 aromatic rings. The van der Waals surface area contributed by atoms with Gasteiger partial charge in [0.2, 0.25) is 17.7 Å². The third kappa shape index (κ3) is 3.46. The number of carbonyl (C=O) groups is 1. The largest absolute Gasteiger partial charge is 0.473 e. The molecule has 3 heterocycles. The molecular weight excluding hydrogens is 358 g/mol. The molecule has 3 N–H and O–H groups in total. The highest BCUT2D eigenvalue weighted by Crippen LogP contribution is 2.23. The summed E-state index contributed by atoms with van der Waals surface area (Å²) in [6.45, 7) is 1.10. The quantitative estimate of drug-likeness (QED) is 0.616. The van der Waals surface area contributed by atoms with Crippen molar-refractivity contribution >= 4 is 27.6 Å². The van der Waals surface area contributed by atoms with Crippen molar-refractivity contribution in [3.8, 4) is 5.88 Å². The van der Waals surface area contributed by atoms with Crippen molar-refractivity contribution in [3.63, 3.8) is 0 Å². The first-order chi connectivity index (χ1) is 12.5. The zero-order valence-electron chi connectivity index (χ0n) is 13.7. The van der Waals surface area contributed by atoms with E-state index in [1.165, 1.54) is 18.3 Å². The number of anilines is 2. The number of hydrogen-bond acceptors (Lipinski definition) is 7. The number of fused-ring (bicyclic) bond motifs is 6. The lowest BCUT2D eigenvalue weighted by atomic mass is 9.96. The lowest BCUT2D eigenvalue weighted by molar-refractivity contribution is -0.121. The van der Waals surface area contributed by atoms with E-state index in [1.54, 1.807) is 18.2 Å². The normalized spacial score (nSPS) is 24.4. The van der Waals surface area contributed by atoms with Crippen LogP contribution in [-0.4, -0.2) is 43.5 Å². The molecule has 6 bridgehead atoms. The van der Waals surface area contributed by atoms with Crippen molar-refractivity contribution in [1.29, 1.82) is 0 Å². The maximum atomic E-state index is 12.6. The molecule has 4 rings (SSSR count). The van der Waals surface area contributed by atoms with Crippen molar-refractivity contribution in [2.75, 3.05) is 23.1 Å². The molecule has 1 aromatic heterocycles. The molecule has 10 heteroatoms. The fourth-order valence-electron chi connectivity index (χ4n) is 2.98. The molecule has 9 nitrogen and oxygen atoms in total. The number of piperidine rings is 1. The summed E-state index contributed by atoms with van der Waals surface area (Å²) in [5.74, 6) is -0.309. The van der Waals surface area contributed by atoms with Crippen molar-refractivity contribution in [2.45, 2.75) is 17.4 Å². The molecule has 0 spiro atoms. The maximum absolute atomic E-state index is 12.6. The Bertz CT molecular complexity index is 949. The van der Waals surface area contributed by atoms with Crippen molar-refractivity contribution < 1.29 is 17.9 Å². The molecular formula is C16H17N5O4S. The number of ether oxygens (including phenoxy) is 1. The fraction of sp³-hybridized carbons (Fsp3) is 0.312. The van der Waals surface area contributed by atoms with Crippen LogP contribution in [0.2, 0.25) is 0 Å². The Morgan fingerprint density at radius 1 is 1.19 bits per heavy atom. The van der Waals surface area contributed by atoms with E-state index in [1.807, 2.05) is 0 Å². The first-order valence-corrected chi connectivity index (χ1v) is 9.62. The Morgan fingerprint density at radius 2 is 2.08 bits per heavy atom. The lowest BCUT2D eigenvalue weighted by Crippen LogP contribution is -2.46. The molecule has 2 atom stereocenters. The van der Waals surface area contributed by atoms with Gasteiger partial charge in [-0.05, 0) is 24.6 Å². The summed E-state index contributed by atoms with van der Waals surface area (Å²) in [6.07, 6.45) is 1.69. The van der Waals surface area contributed by atoms with Gasteiger partial charge in [-0.2, -0.15) is 4.98 Å². The van der Waals surface area contributed by atoms with Crippen LogP contribution in [0.4, 0.5) is 11.6 Å². The van der Waals surface area contributed by atoms with E-state index >= 15 is 0 Å². The minimum absolute atomic E-state index is 0.00178. The number of benzene rings is 1. The Morgan fingerprint density at radius 3 is 2.96 bits per heavy atom. The molecule has 1 saturated heterocycles. The molecule has 0 saturated carbocycles. The molecule has 0 aliphatic carbocycles. The summed E-state index contributed by atoms with van der Waals surface area (Å²) in [6, 6.07) is 7.60. The van der Waals surface area contributed by atoms with Gasteiger partial charge >= 0.3 is 0 Å². The number of hydrogen-bond donors (Lipinski definition) is 3. The topological polar surface area (TPSA) is 122 Å². The van der Waals surface area contributed by atoms with Crippen LogP contribution in [0.25, 0.3) is 0 Å². The molecule has 136 valence electrons. The lowest BCUT2D eigenvalue weighted by Gasteiger charge is -2.29. The molecule has 26 heavy (non-hydrogen) atoms. The fourth-order valence-corrected chi connectivity index (χ4v) is 3.98. The maximum Gasteiger partial charge on any atom is 0.264 e. The average molecular weight is 375 g/mol. The standard InChI is InChI=1S/C16H17N5O4S/c22-15-10-6-12(9-17-8-10)25-14-4-5-18-16(20-14)21-26(23,24)13-3-1-2-11(7-13)19-15/h1-5,7,10,12,17H,6,8-9H2,(H,19,22)(H,18,20,21). The third-order valence-corrected chi connectivity index (χ3v) is 5.56. The second kappa shape index (κ2) is 6.54. The van der Waals surface area contributed by atoms with E-state index in [0.717, 1.165) is 0 Å². The van der Waals surface area contributed by atoms with Crippen LogP contribution in [0.15, 0.2) is 41.4 Å². The summed E-state index contributed by atoms with van der Waals surface area (Å²) >= 11 is 0. The molecule has 1 fully saturated rings. The van der Waals surface area contributed by atoms with E-state index in [2.05, 4.69) is 25.3 Å². The molecule has 0 radical (unpaired) electrons. The van der Waals surface area contributed by atoms with Crippen LogP contribution in [0.1, 0.15) is 6.42 Å². The first-order valence-electron chi connectivity index (χ1n) is 8.14. The molecule has 1 aromatic carbocycles. The number of nitrogens with zero attached hydrogens (tertiary/aromatic N) is 2. The van der Waals surface area contributed by atoms with Crippen LogP contribution in [0, 0.1) is 5.92 Å². The van der Waals surface area contributed by atoms with Gasteiger partial charge in [-0.3, -0.25) is 4.79 Å². The minimum Gasteiger partial charge on any atom is -0.473 e. The summed E-state index contributed by atoms with van der Waals surface area (Å²) < 4.78 is 33.3. The smallest absolute Gasteiger partial charge is 0.264 e. The van der Waals surface area contributed by atoms with Crippen molar-refractivity contribution in [1.82, 2.24) is 15.3 Å². The van der Waals surface area contributed by atoms with Gasteiger partial charge in [-0.15, -0.1) is 0 Å². The van der Waals surface area contributed by atoms with Gasteiger partial charge in [-0.1, -0.05) is 6.07 Å². The number of carbonyl (C=O) groups excluding carboxylic acids is 1. The van der Waals surface area contributed by atoms with E-state index in [4.69, 9.17) is 4.74 Å². The average Bonchev–Trinajstić information content (AvgIpc) is 2.61. The second-order valence-electron chi connectivity index (χ2n) is 6.17. The minimum atomic E-state index is -3.90. The highest BCUT2D eigenvalue weighted by molar-refractivity contribution is 7.92. The SMILES string of the molecule is O=C1Nc2cccc(c2)S(=O)(=O)Nc2nccc(n2)OC2CNCC1C2. The predicted octanol–water partition coefficient (Wildman–Crippen LogP) is 0.586. The van der Waals surface area contributed by atoms with E-state index in [9.17, 15) is 13.2 Å². The summed E-state index contributed by atoms with van der Waals surface area (Å²) in [5.41, 5.74) is 0.410. The monoisotopic (exact) mass is 375 g/mol. The van der Waals surface area contributed by atoms with Gasteiger partial charge in [0.15, 0.2) is 0 Å². The van der Waals surface area contributed by atoms with Gasteiger partial charge in [0, 0.05) is 31.0 Å². The first kappa shape index (κ1) is 16.7. The second-order valence-corrected chi connectivity index (χ2v) is 7.85. The zero-order chi connectivity index (χ0) is 18.1. The van der Waals surface area contributed by atoms with Crippen LogP contribution in [0.3, 0.4) is 0 Å². The Kier molecular flexibility index (Phi) is 4.21. The number of aromatic nitrogens is 2. The van der Waals surface area contributed by atoms with E-state index in [0.29, 0.717) is 25.2 Å². The number of nitrogens with one attached hydrogen (secondary N) is 3. The number of sulfonamides is 1. The predicted molar refractivity (Wildman–Crippen MR) is 93.3 cm³/mol. The van der Waals surface area contributed by atoms with E-state index in [-0.39, 0.29) is 34.7 Å². The molecule has 2 aliphatic heterocycles. The Hall–Kier alpha value is -2.72. The summed E-state index contributed by atoms with van der Waals surface area (Å²) in [5, 5.41) is 5.96. The summed E-state index contributed by atoms with van der Waals surface area (Å²) in [7, 11) is -3.90. The Labute approximate surface area is 150 Å². The van der Waals surface area contributed by atoms with Gasteiger partial charge in [0.25, 0.3) is 10.0 Å². The van der Waals surface area contributed by atoms with Crippen LogP contribution < -0.4 is 20.1 Å². The number of amides is 1.